The lowest BCUT2D eigenvalue weighted by Gasteiger charge is -2.17. The van der Waals surface area contributed by atoms with Crippen LogP contribution in [0.3, 0.4) is 0 Å². The highest BCUT2D eigenvalue weighted by Crippen LogP contribution is 2.23. The molecule has 22 heavy (non-hydrogen) atoms. The fourth-order valence-corrected chi connectivity index (χ4v) is 2.53. The summed E-state index contributed by atoms with van der Waals surface area (Å²) in [6, 6.07) is 11.7. The Kier molecular flexibility index (Phi) is 5.39. The standard InChI is InChI=1S/C18H24N2O2/c1-13(2)12-20-17(9-8-15(11-19-3)18(20)21)14-6-5-7-16(10-14)22-4/h5-10,13,19H,11-12H2,1-4H3. The van der Waals surface area contributed by atoms with E-state index in [2.05, 4.69) is 19.2 Å². The molecule has 0 saturated carbocycles. The third-order valence-corrected chi connectivity index (χ3v) is 3.53. The number of ether oxygens (including phenoxy) is 1. The van der Waals surface area contributed by atoms with Crippen LogP contribution in [0.15, 0.2) is 41.2 Å². The Labute approximate surface area is 131 Å². The number of nitrogens with zero attached hydrogens (tertiary/aromatic N) is 1. The molecule has 0 unspecified atom stereocenters. The minimum Gasteiger partial charge on any atom is -0.497 e. The van der Waals surface area contributed by atoms with E-state index in [1.165, 1.54) is 0 Å². The number of nitrogens with one attached hydrogen (secondary N) is 1. The van der Waals surface area contributed by atoms with Crippen LogP contribution in [0, 0.1) is 5.92 Å². The first-order chi connectivity index (χ1) is 10.6. The SMILES string of the molecule is CNCc1ccc(-c2cccc(OC)c2)n(CC(C)C)c1=O. The van der Waals surface area contributed by atoms with Crippen molar-refractivity contribution in [3.63, 3.8) is 0 Å². The summed E-state index contributed by atoms with van der Waals surface area (Å²) in [5.41, 5.74) is 2.78. The summed E-state index contributed by atoms with van der Waals surface area (Å²) in [5.74, 6) is 1.19. The number of benzene rings is 1. The average molecular weight is 300 g/mol. The van der Waals surface area contributed by atoms with E-state index >= 15 is 0 Å². The van der Waals surface area contributed by atoms with Gasteiger partial charge >= 0.3 is 0 Å². The first kappa shape index (κ1) is 16.3. The maximum absolute atomic E-state index is 12.7. The summed E-state index contributed by atoms with van der Waals surface area (Å²) in [6.45, 7) is 5.51. The van der Waals surface area contributed by atoms with Crippen molar-refractivity contribution in [2.45, 2.75) is 26.9 Å². The van der Waals surface area contributed by atoms with Gasteiger partial charge in [0.1, 0.15) is 5.75 Å². The van der Waals surface area contributed by atoms with Crippen LogP contribution in [0.25, 0.3) is 11.3 Å². The Morgan fingerprint density at radius 3 is 2.64 bits per heavy atom. The smallest absolute Gasteiger partial charge is 0.255 e. The van der Waals surface area contributed by atoms with Gasteiger partial charge in [0, 0.05) is 24.2 Å². The van der Waals surface area contributed by atoms with Crippen LogP contribution in [0.2, 0.25) is 0 Å². The molecule has 1 heterocycles. The van der Waals surface area contributed by atoms with Crippen molar-refractivity contribution in [3.8, 4) is 17.0 Å². The van der Waals surface area contributed by atoms with Crippen LogP contribution in [0.5, 0.6) is 5.75 Å². The van der Waals surface area contributed by atoms with Crippen molar-refractivity contribution in [1.29, 1.82) is 0 Å². The van der Waals surface area contributed by atoms with Gasteiger partial charge in [0.25, 0.3) is 5.56 Å². The molecule has 0 atom stereocenters. The van der Waals surface area contributed by atoms with Gasteiger partial charge in [0.05, 0.1) is 12.8 Å². The van der Waals surface area contributed by atoms with Gasteiger partial charge in [-0.05, 0) is 31.2 Å². The minimum atomic E-state index is 0.0726. The number of aromatic nitrogens is 1. The van der Waals surface area contributed by atoms with Crippen LogP contribution in [-0.2, 0) is 13.1 Å². The Balaban J connectivity index is 2.58. The molecule has 0 bridgehead atoms. The van der Waals surface area contributed by atoms with Crippen LogP contribution >= 0.6 is 0 Å². The van der Waals surface area contributed by atoms with Gasteiger partial charge in [-0.3, -0.25) is 4.79 Å². The molecular weight excluding hydrogens is 276 g/mol. The van der Waals surface area contributed by atoms with E-state index < -0.39 is 0 Å². The third kappa shape index (κ3) is 3.57. The lowest BCUT2D eigenvalue weighted by atomic mass is 10.1. The summed E-state index contributed by atoms with van der Waals surface area (Å²) in [4.78, 5) is 12.7. The molecule has 0 fully saturated rings. The highest BCUT2D eigenvalue weighted by atomic mass is 16.5. The van der Waals surface area contributed by atoms with Crippen LogP contribution < -0.4 is 15.6 Å². The zero-order valence-electron chi connectivity index (χ0n) is 13.7. The van der Waals surface area contributed by atoms with Crippen molar-refractivity contribution in [2.24, 2.45) is 5.92 Å². The van der Waals surface area contributed by atoms with Gasteiger partial charge in [0.2, 0.25) is 0 Å². The molecule has 2 aromatic rings. The molecule has 1 aromatic heterocycles. The molecule has 0 spiro atoms. The highest BCUT2D eigenvalue weighted by molar-refractivity contribution is 5.62. The van der Waals surface area contributed by atoms with Crippen molar-refractivity contribution >= 4 is 0 Å². The Hall–Kier alpha value is -2.07. The molecule has 4 heteroatoms. The molecule has 0 amide bonds. The number of pyridine rings is 1. The summed E-state index contributed by atoms with van der Waals surface area (Å²) >= 11 is 0. The lowest BCUT2D eigenvalue weighted by Crippen LogP contribution is -2.28. The van der Waals surface area contributed by atoms with E-state index in [4.69, 9.17) is 4.74 Å². The second-order valence-electron chi connectivity index (χ2n) is 5.82. The van der Waals surface area contributed by atoms with E-state index in [-0.39, 0.29) is 5.56 Å². The largest absolute Gasteiger partial charge is 0.497 e. The predicted octanol–water partition coefficient (Wildman–Crippen LogP) is 2.90. The van der Waals surface area contributed by atoms with Gasteiger partial charge in [-0.2, -0.15) is 0 Å². The van der Waals surface area contributed by atoms with Crippen LogP contribution in [0.1, 0.15) is 19.4 Å². The van der Waals surface area contributed by atoms with E-state index in [1.54, 1.807) is 7.11 Å². The molecule has 0 saturated heterocycles. The molecule has 118 valence electrons. The number of hydrogen-bond acceptors (Lipinski definition) is 3. The summed E-state index contributed by atoms with van der Waals surface area (Å²) in [6.07, 6.45) is 0. The highest BCUT2D eigenvalue weighted by Gasteiger charge is 2.12. The average Bonchev–Trinajstić information content (AvgIpc) is 2.51. The normalized spacial score (nSPS) is 11.0. The van der Waals surface area contributed by atoms with Crippen molar-refractivity contribution in [2.75, 3.05) is 14.2 Å². The summed E-state index contributed by atoms with van der Waals surface area (Å²) in [5, 5.41) is 3.05. The molecule has 0 aliphatic carbocycles. The van der Waals surface area contributed by atoms with Crippen LogP contribution in [-0.4, -0.2) is 18.7 Å². The van der Waals surface area contributed by atoms with Crippen molar-refractivity contribution in [1.82, 2.24) is 9.88 Å². The first-order valence-electron chi connectivity index (χ1n) is 7.58. The predicted molar refractivity (Wildman–Crippen MR) is 90.3 cm³/mol. The monoisotopic (exact) mass is 300 g/mol. The summed E-state index contributed by atoms with van der Waals surface area (Å²) < 4.78 is 7.16. The Morgan fingerprint density at radius 2 is 2.00 bits per heavy atom. The molecule has 0 aliphatic heterocycles. The molecular formula is C18H24N2O2. The second-order valence-corrected chi connectivity index (χ2v) is 5.82. The quantitative estimate of drug-likeness (QED) is 0.892. The Bertz CT molecular complexity index is 690. The maximum Gasteiger partial charge on any atom is 0.255 e. The topological polar surface area (TPSA) is 43.3 Å². The van der Waals surface area contributed by atoms with E-state index in [1.807, 2.05) is 48.0 Å². The van der Waals surface area contributed by atoms with Gasteiger partial charge in [-0.15, -0.1) is 0 Å². The molecule has 4 nitrogen and oxygen atoms in total. The molecule has 1 aromatic carbocycles. The third-order valence-electron chi connectivity index (χ3n) is 3.53. The Morgan fingerprint density at radius 1 is 1.23 bits per heavy atom. The van der Waals surface area contributed by atoms with E-state index in [0.717, 1.165) is 22.6 Å². The number of rotatable bonds is 6. The van der Waals surface area contributed by atoms with E-state index in [0.29, 0.717) is 19.0 Å². The van der Waals surface area contributed by atoms with Gasteiger partial charge in [-0.1, -0.05) is 32.0 Å². The zero-order chi connectivity index (χ0) is 16.1. The van der Waals surface area contributed by atoms with Gasteiger partial charge in [-0.25, -0.2) is 0 Å². The zero-order valence-corrected chi connectivity index (χ0v) is 13.7. The number of hydrogen-bond donors (Lipinski definition) is 1. The fourth-order valence-electron chi connectivity index (χ4n) is 2.53. The van der Waals surface area contributed by atoms with Gasteiger partial charge < -0.3 is 14.6 Å². The lowest BCUT2D eigenvalue weighted by molar-refractivity contribution is 0.415. The van der Waals surface area contributed by atoms with E-state index in [9.17, 15) is 4.79 Å². The molecule has 2 rings (SSSR count). The first-order valence-corrected chi connectivity index (χ1v) is 7.58. The molecule has 1 N–H and O–H groups in total. The fraction of sp³-hybridized carbons (Fsp3) is 0.389. The minimum absolute atomic E-state index is 0.0726. The second kappa shape index (κ2) is 7.27. The van der Waals surface area contributed by atoms with Crippen molar-refractivity contribution < 1.29 is 4.74 Å². The number of methoxy groups -OCH3 is 1. The summed E-state index contributed by atoms with van der Waals surface area (Å²) in [7, 11) is 3.50. The molecule has 0 radical (unpaired) electrons. The van der Waals surface area contributed by atoms with Crippen LogP contribution in [0.4, 0.5) is 0 Å². The maximum atomic E-state index is 12.7. The van der Waals surface area contributed by atoms with Gasteiger partial charge in [0.15, 0.2) is 0 Å². The molecule has 0 aliphatic rings. The van der Waals surface area contributed by atoms with Crippen molar-refractivity contribution in [3.05, 3.63) is 52.3 Å².